The highest BCUT2D eigenvalue weighted by molar-refractivity contribution is 9.10. The summed E-state index contributed by atoms with van der Waals surface area (Å²) in [5.41, 5.74) is 9.09. The van der Waals surface area contributed by atoms with Gasteiger partial charge >= 0.3 is 0 Å². The van der Waals surface area contributed by atoms with E-state index in [1.165, 1.54) is 0 Å². The molecule has 0 spiro atoms. The van der Waals surface area contributed by atoms with Crippen LogP contribution in [0.2, 0.25) is 0 Å². The van der Waals surface area contributed by atoms with Crippen LogP contribution in [0, 0.1) is 0 Å². The fourth-order valence-corrected chi connectivity index (χ4v) is 2.23. The van der Waals surface area contributed by atoms with Crippen LogP contribution in [0.15, 0.2) is 47.1 Å². The van der Waals surface area contributed by atoms with Crippen molar-refractivity contribution in [3.05, 3.63) is 58.3 Å². The molecule has 0 saturated heterocycles. The molecule has 2 aromatic rings. The van der Waals surface area contributed by atoms with Crippen LogP contribution in [-0.2, 0) is 13.1 Å². The van der Waals surface area contributed by atoms with Crippen molar-refractivity contribution in [2.75, 3.05) is 11.9 Å². The van der Waals surface area contributed by atoms with Gasteiger partial charge in [-0.3, -0.25) is 4.98 Å². The molecule has 0 saturated carbocycles. The van der Waals surface area contributed by atoms with Crippen molar-refractivity contribution in [2.24, 2.45) is 5.73 Å². The van der Waals surface area contributed by atoms with Crippen LogP contribution in [0.3, 0.4) is 0 Å². The zero-order chi connectivity index (χ0) is 13.0. The molecule has 2 rings (SSSR count). The lowest BCUT2D eigenvalue weighted by Crippen LogP contribution is -2.19. The van der Waals surface area contributed by atoms with Gasteiger partial charge in [0.15, 0.2) is 0 Å². The summed E-state index contributed by atoms with van der Waals surface area (Å²) >= 11 is 3.50. The molecule has 18 heavy (non-hydrogen) atoms. The lowest BCUT2D eigenvalue weighted by atomic mass is 10.1. The third-order valence-corrected chi connectivity index (χ3v) is 3.30. The Bertz CT molecular complexity index is 514. The molecule has 0 fully saturated rings. The molecule has 0 amide bonds. The fraction of sp³-hybridized carbons (Fsp3) is 0.214. The molecule has 0 radical (unpaired) electrons. The summed E-state index contributed by atoms with van der Waals surface area (Å²) in [5, 5.41) is 0. The second kappa shape index (κ2) is 5.98. The van der Waals surface area contributed by atoms with Crippen molar-refractivity contribution in [2.45, 2.75) is 13.1 Å². The van der Waals surface area contributed by atoms with Crippen LogP contribution in [0.25, 0.3) is 0 Å². The summed E-state index contributed by atoms with van der Waals surface area (Å²) in [5.74, 6) is 0. The Morgan fingerprint density at radius 2 is 2.11 bits per heavy atom. The Morgan fingerprint density at radius 1 is 1.28 bits per heavy atom. The molecule has 3 nitrogen and oxygen atoms in total. The van der Waals surface area contributed by atoms with Gasteiger partial charge in [-0.25, -0.2) is 0 Å². The third kappa shape index (κ3) is 3.09. The molecule has 1 aromatic carbocycles. The number of nitrogens with zero attached hydrogens (tertiary/aromatic N) is 2. The van der Waals surface area contributed by atoms with E-state index in [-0.39, 0.29) is 0 Å². The van der Waals surface area contributed by atoms with Crippen molar-refractivity contribution in [3.8, 4) is 0 Å². The number of pyridine rings is 1. The van der Waals surface area contributed by atoms with Gasteiger partial charge in [0.05, 0.1) is 12.2 Å². The summed E-state index contributed by atoms with van der Waals surface area (Å²) < 4.78 is 1.06. The smallest absolute Gasteiger partial charge is 0.0598 e. The SMILES string of the molecule is CN(Cc1ccccn1)c1cc(Br)ccc1CN. The van der Waals surface area contributed by atoms with E-state index in [0.717, 1.165) is 28.0 Å². The molecule has 0 aliphatic heterocycles. The second-order valence-electron chi connectivity index (χ2n) is 4.15. The predicted molar refractivity (Wildman–Crippen MR) is 78.4 cm³/mol. The van der Waals surface area contributed by atoms with Crippen molar-refractivity contribution < 1.29 is 0 Å². The topological polar surface area (TPSA) is 42.2 Å². The average molecular weight is 306 g/mol. The van der Waals surface area contributed by atoms with Crippen LogP contribution >= 0.6 is 15.9 Å². The number of hydrogen-bond donors (Lipinski definition) is 1. The molecular formula is C14H16BrN3. The van der Waals surface area contributed by atoms with Gasteiger partial charge in [0.2, 0.25) is 0 Å². The van der Waals surface area contributed by atoms with Crippen molar-refractivity contribution in [3.63, 3.8) is 0 Å². The number of rotatable bonds is 4. The van der Waals surface area contributed by atoms with Crippen LogP contribution in [-0.4, -0.2) is 12.0 Å². The van der Waals surface area contributed by atoms with Gasteiger partial charge in [-0.15, -0.1) is 0 Å². The van der Waals surface area contributed by atoms with Gasteiger partial charge in [0, 0.05) is 29.9 Å². The van der Waals surface area contributed by atoms with Gasteiger partial charge < -0.3 is 10.6 Å². The monoisotopic (exact) mass is 305 g/mol. The maximum absolute atomic E-state index is 5.77. The lowest BCUT2D eigenvalue weighted by molar-refractivity contribution is 0.872. The zero-order valence-electron chi connectivity index (χ0n) is 10.3. The Labute approximate surface area is 116 Å². The minimum absolute atomic E-state index is 0.537. The Hall–Kier alpha value is -1.39. The summed E-state index contributed by atoms with van der Waals surface area (Å²) in [4.78, 5) is 6.50. The van der Waals surface area contributed by atoms with E-state index in [2.05, 4.69) is 38.9 Å². The number of hydrogen-bond acceptors (Lipinski definition) is 3. The first-order chi connectivity index (χ1) is 8.70. The van der Waals surface area contributed by atoms with E-state index in [1.807, 2.05) is 36.5 Å². The van der Waals surface area contributed by atoms with Crippen molar-refractivity contribution >= 4 is 21.6 Å². The normalized spacial score (nSPS) is 10.4. The molecule has 4 heteroatoms. The van der Waals surface area contributed by atoms with Crippen LogP contribution in [0.4, 0.5) is 5.69 Å². The molecule has 1 heterocycles. The summed E-state index contributed by atoms with van der Waals surface area (Å²) in [6.07, 6.45) is 1.81. The minimum Gasteiger partial charge on any atom is -0.368 e. The molecule has 0 unspecified atom stereocenters. The van der Waals surface area contributed by atoms with Crippen LogP contribution in [0.1, 0.15) is 11.3 Å². The molecular weight excluding hydrogens is 290 g/mol. The Balaban J connectivity index is 2.23. The van der Waals surface area contributed by atoms with E-state index in [9.17, 15) is 0 Å². The van der Waals surface area contributed by atoms with E-state index in [1.54, 1.807) is 0 Å². The second-order valence-corrected chi connectivity index (χ2v) is 5.07. The number of halogens is 1. The van der Waals surface area contributed by atoms with Crippen molar-refractivity contribution in [1.82, 2.24) is 4.98 Å². The number of benzene rings is 1. The summed E-state index contributed by atoms with van der Waals surface area (Å²) in [7, 11) is 2.05. The number of anilines is 1. The fourth-order valence-electron chi connectivity index (χ4n) is 1.88. The van der Waals surface area contributed by atoms with Gasteiger partial charge in [-0.1, -0.05) is 28.1 Å². The van der Waals surface area contributed by atoms with Gasteiger partial charge in [0.25, 0.3) is 0 Å². The van der Waals surface area contributed by atoms with E-state index >= 15 is 0 Å². The Kier molecular flexibility index (Phi) is 4.33. The molecule has 0 aliphatic rings. The molecule has 2 N–H and O–H groups in total. The highest BCUT2D eigenvalue weighted by Crippen LogP contribution is 2.25. The third-order valence-electron chi connectivity index (χ3n) is 2.80. The van der Waals surface area contributed by atoms with Gasteiger partial charge in [-0.2, -0.15) is 0 Å². The molecule has 94 valence electrons. The number of nitrogens with two attached hydrogens (primary N) is 1. The summed E-state index contributed by atoms with van der Waals surface area (Å²) in [6, 6.07) is 12.1. The predicted octanol–water partition coefficient (Wildman–Crippen LogP) is 2.94. The quantitative estimate of drug-likeness (QED) is 0.944. The standard InChI is InChI=1S/C14H16BrN3/c1-18(10-13-4-2-3-7-17-13)14-8-12(15)6-5-11(14)9-16/h2-8H,9-10,16H2,1H3. The van der Waals surface area contributed by atoms with Gasteiger partial charge in [0.1, 0.15) is 0 Å². The largest absolute Gasteiger partial charge is 0.368 e. The first-order valence-electron chi connectivity index (χ1n) is 5.80. The molecule has 0 aliphatic carbocycles. The first-order valence-corrected chi connectivity index (χ1v) is 6.59. The zero-order valence-corrected chi connectivity index (χ0v) is 11.9. The lowest BCUT2D eigenvalue weighted by Gasteiger charge is -2.22. The molecule has 0 bridgehead atoms. The maximum atomic E-state index is 5.77. The first kappa shape index (κ1) is 13.1. The molecule has 1 aromatic heterocycles. The number of aromatic nitrogens is 1. The Morgan fingerprint density at radius 3 is 2.78 bits per heavy atom. The maximum Gasteiger partial charge on any atom is 0.0598 e. The van der Waals surface area contributed by atoms with E-state index in [4.69, 9.17) is 5.73 Å². The highest BCUT2D eigenvalue weighted by Gasteiger charge is 2.08. The van der Waals surface area contributed by atoms with Crippen LogP contribution in [0.5, 0.6) is 0 Å². The highest BCUT2D eigenvalue weighted by atomic mass is 79.9. The van der Waals surface area contributed by atoms with E-state index in [0.29, 0.717) is 6.54 Å². The molecule has 0 atom stereocenters. The van der Waals surface area contributed by atoms with Crippen molar-refractivity contribution in [1.29, 1.82) is 0 Å². The van der Waals surface area contributed by atoms with Crippen LogP contribution < -0.4 is 10.6 Å². The summed E-state index contributed by atoms with van der Waals surface area (Å²) in [6.45, 7) is 1.31. The van der Waals surface area contributed by atoms with Gasteiger partial charge in [-0.05, 0) is 29.8 Å². The average Bonchev–Trinajstić information content (AvgIpc) is 2.40. The minimum atomic E-state index is 0.537. The van der Waals surface area contributed by atoms with E-state index < -0.39 is 0 Å².